The average Bonchev–Trinajstić information content (AvgIpc) is 3.84. The van der Waals surface area contributed by atoms with E-state index in [1.165, 1.54) is 17.1 Å². The topological polar surface area (TPSA) is 216 Å². The molecule has 19 nitrogen and oxygen atoms in total. The van der Waals surface area contributed by atoms with E-state index >= 15 is 0 Å². The fourth-order valence-electron chi connectivity index (χ4n) is 8.89. The van der Waals surface area contributed by atoms with E-state index in [-0.39, 0.29) is 36.1 Å². The summed E-state index contributed by atoms with van der Waals surface area (Å²) < 4.78 is 33.3. The van der Waals surface area contributed by atoms with Gasteiger partial charge in [-0.3, -0.25) is 28.8 Å². The van der Waals surface area contributed by atoms with Crippen molar-refractivity contribution < 1.29 is 38.1 Å². The van der Waals surface area contributed by atoms with Crippen LogP contribution in [0.5, 0.6) is 0 Å². The maximum Gasteiger partial charge on any atom is 0.329 e. The van der Waals surface area contributed by atoms with E-state index in [0.717, 1.165) is 117 Å². The number of imide groups is 1. The second-order valence-electron chi connectivity index (χ2n) is 17.7. The van der Waals surface area contributed by atoms with Gasteiger partial charge in [-0.15, -0.1) is 0 Å². The van der Waals surface area contributed by atoms with Crippen molar-refractivity contribution in [3.05, 3.63) is 70.3 Å². The number of aromatic nitrogens is 6. The lowest BCUT2D eigenvalue weighted by molar-refractivity contribution is -0.148. The van der Waals surface area contributed by atoms with E-state index in [2.05, 4.69) is 62.1 Å². The van der Waals surface area contributed by atoms with Crippen molar-refractivity contribution >= 4 is 45.8 Å². The molecular weight excluding hydrogens is 885 g/mol. The standard InChI is InChI=1S/C50H70N10O9/c1-4-5-20-53-49-54-34-41-46(57-60(47(41)56-49)39-13-15-40(16-14-39)69-35(2)61)38-11-8-37(9-12-38)33-52-22-21-51-23-25-66-27-29-68-31-30-67-28-26-65-24-6-7-36-10-17-42-44(32-36)58(3)50(64)59(42)43-18-19-45(62)55-48(43)63/h8-12,17,32,34,39-40,43,51-52H,4-7,13-16,18-31,33H2,1-3H3,(H,53,54,56)(H,55,62,63)/t39-,40-,43-/m0/s1. The number of aryl methyl sites for hydroxylation is 2. The number of rotatable bonds is 29. The Labute approximate surface area is 403 Å². The van der Waals surface area contributed by atoms with E-state index in [1.807, 2.05) is 24.4 Å². The van der Waals surface area contributed by atoms with Gasteiger partial charge in [-0.2, -0.15) is 10.1 Å². The highest BCUT2D eigenvalue weighted by Gasteiger charge is 2.31. The van der Waals surface area contributed by atoms with Crippen LogP contribution < -0.4 is 27.0 Å². The molecule has 0 spiro atoms. The van der Waals surface area contributed by atoms with Gasteiger partial charge in [-0.1, -0.05) is 43.7 Å². The predicted octanol–water partition coefficient (Wildman–Crippen LogP) is 4.76. The molecule has 4 N–H and O–H groups in total. The van der Waals surface area contributed by atoms with Crippen LogP contribution in [-0.2, 0) is 58.1 Å². The van der Waals surface area contributed by atoms with E-state index in [9.17, 15) is 19.2 Å². The molecule has 7 rings (SSSR count). The molecule has 1 aliphatic heterocycles. The average molecular weight is 955 g/mol. The third kappa shape index (κ3) is 14.5. The van der Waals surface area contributed by atoms with Crippen molar-refractivity contribution in [2.75, 3.05) is 84.4 Å². The van der Waals surface area contributed by atoms with Crippen LogP contribution in [0.2, 0.25) is 0 Å². The molecule has 0 radical (unpaired) electrons. The van der Waals surface area contributed by atoms with Crippen molar-refractivity contribution in [1.29, 1.82) is 0 Å². The zero-order chi connectivity index (χ0) is 48.4. The minimum absolute atomic E-state index is 0.0395. The van der Waals surface area contributed by atoms with Crippen molar-refractivity contribution in [2.24, 2.45) is 7.05 Å². The molecule has 2 fully saturated rings. The lowest BCUT2D eigenvalue weighted by atomic mass is 9.93. The first-order valence-electron chi connectivity index (χ1n) is 24.7. The van der Waals surface area contributed by atoms with Crippen LogP contribution in [-0.4, -0.2) is 132 Å². The number of anilines is 1. The molecule has 4 heterocycles. The lowest BCUT2D eigenvalue weighted by Crippen LogP contribution is -2.44. The number of ether oxygens (including phenoxy) is 5. The summed E-state index contributed by atoms with van der Waals surface area (Å²) in [5, 5.41) is 18.7. The highest BCUT2D eigenvalue weighted by Crippen LogP contribution is 2.35. The predicted molar refractivity (Wildman–Crippen MR) is 262 cm³/mol. The minimum atomic E-state index is -0.692. The molecule has 5 aromatic rings. The van der Waals surface area contributed by atoms with Gasteiger partial charge in [0.25, 0.3) is 0 Å². The Morgan fingerprint density at radius 3 is 2.19 bits per heavy atom. The number of hydrogen-bond acceptors (Lipinski definition) is 15. The Morgan fingerprint density at radius 1 is 0.783 bits per heavy atom. The summed E-state index contributed by atoms with van der Waals surface area (Å²) in [5.74, 6) is -0.356. The number of nitrogens with zero attached hydrogens (tertiary/aromatic N) is 6. The molecule has 2 amide bonds. The molecule has 3 aromatic heterocycles. The van der Waals surface area contributed by atoms with Crippen molar-refractivity contribution in [1.82, 2.24) is 44.8 Å². The van der Waals surface area contributed by atoms with Gasteiger partial charge in [0.15, 0.2) is 5.65 Å². The summed E-state index contributed by atoms with van der Waals surface area (Å²) in [6, 6.07) is 13.8. The van der Waals surface area contributed by atoms with E-state index in [0.29, 0.717) is 70.7 Å². The van der Waals surface area contributed by atoms with Gasteiger partial charge in [-0.25, -0.2) is 14.5 Å². The number of imidazole rings is 1. The second-order valence-corrected chi connectivity index (χ2v) is 17.7. The van der Waals surface area contributed by atoms with Gasteiger partial charge in [0, 0.05) is 71.5 Å². The molecule has 1 saturated heterocycles. The molecule has 2 aromatic carbocycles. The molecule has 1 saturated carbocycles. The number of hydrogen-bond donors (Lipinski definition) is 4. The van der Waals surface area contributed by atoms with E-state index in [1.54, 1.807) is 11.6 Å². The Balaban J connectivity index is 0.695. The molecule has 1 atom stereocenters. The number of benzene rings is 2. The van der Waals surface area contributed by atoms with Crippen LogP contribution in [0.3, 0.4) is 0 Å². The zero-order valence-corrected chi connectivity index (χ0v) is 40.5. The fourth-order valence-corrected chi connectivity index (χ4v) is 8.89. The lowest BCUT2D eigenvalue weighted by Gasteiger charge is -2.28. The first-order chi connectivity index (χ1) is 33.7. The Hall–Kier alpha value is -5.57. The summed E-state index contributed by atoms with van der Waals surface area (Å²) in [5.41, 5.74) is 6.14. The smallest absolute Gasteiger partial charge is 0.329 e. The highest BCUT2D eigenvalue weighted by molar-refractivity contribution is 6.00. The van der Waals surface area contributed by atoms with Crippen molar-refractivity contribution in [2.45, 2.75) is 103 Å². The highest BCUT2D eigenvalue weighted by atomic mass is 16.6. The molecule has 1 aliphatic carbocycles. The maximum atomic E-state index is 13.0. The number of fused-ring (bicyclic) bond motifs is 2. The third-order valence-electron chi connectivity index (χ3n) is 12.6. The first-order valence-corrected chi connectivity index (χ1v) is 24.7. The molecular formula is C50H70N10O9. The van der Waals surface area contributed by atoms with Crippen LogP contribution in [0.25, 0.3) is 33.3 Å². The van der Waals surface area contributed by atoms with Gasteiger partial charge in [0.1, 0.15) is 17.8 Å². The van der Waals surface area contributed by atoms with Crippen LogP contribution in [0, 0.1) is 0 Å². The van der Waals surface area contributed by atoms with Gasteiger partial charge < -0.3 is 39.6 Å². The van der Waals surface area contributed by atoms with Crippen LogP contribution in [0.15, 0.2) is 53.5 Å². The molecule has 0 unspecified atom stereocenters. The quantitative estimate of drug-likeness (QED) is 0.0289. The zero-order valence-electron chi connectivity index (χ0n) is 40.5. The number of carbonyl (C=O) groups is 3. The van der Waals surface area contributed by atoms with Crippen LogP contribution in [0.4, 0.5) is 5.95 Å². The number of carbonyl (C=O) groups excluding carboxylic acids is 3. The van der Waals surface area contributed by atoms with Crippen LogP contribution >= 0.6 is 0 Å². The number of amides is 2. The van der Waals surface area contributed by atoms with Gasteiger partial charge in [-0.05, 0) is 74.6 Å². The fraction of sp³-hybridized carbons (Fsp3) is 0.580. The summed E-state index contributed by atoms with van der Waals surface area (Å²) in [4.78, 5) is 58.2. The second kappa shape index (κ2) is 26.4. The van der Waals surface area contributed by atoms with Gasteiger partial charge in [0.05, 0.1) is 68.7 Å². The third-order valence-corrected chi connectivity index (χ3v) is 12.6. The Bertz CT molecular complexity index is 2500. The Morgan fingerprint density at radius 2 is 1.48 bits per heavy atom. The molecule has 19 heteroatoms. The summed E-state index contributed by atoms with van der Waals surface area (Å²) in [6.45, 7) is 11.8. The number of piperidine rings is 1. The van der Waals surface area contributed by atoms with E-state index < -0.39 is 11.9 Å². The first kappa shape index (κ1) is 51.3. The molecule has 69 heavy (non-hydrogen) atoms. The molecule has 2 aliphatic rings. The minimum Gasteiger partial charge on any atom is -0.463 e. The van der Waals surface area contributed by atoms with Crippen LogP contribution in [0.1, 0.15) is 94.8 Å². The van der Waals surface area contributed by atoms with Crippen molar-refractivity contribution in [3.63, 3.8) is 0 Å². The van der Waals surface area contributed by atoms with E-state index in [4.69, 9.17) is 33.8 Å². The monoisotopic (exact) mass is 955 g/mol. The molecule has 374 valence electrons. The number of unbranched alkanes of at least 4 members (excludes halogenated alkanes) is 1. The maximum absolute atomic E-state index is 13.0. The number of nitrogens with one attached hydrogen (secondary N) is 4. The van der Waals surface area contributed by atoms with Gasteiger partial charge >= 0.3 is 11.7 Å². The largest absolute Gasteiger partial charge is 0.463 e. The normalized spacial score (nSPS) is 17.5. The molecule has 0 bridgehead atoms. The summed E-state index contributed by atoms with van der Waals surface area (Å²) in [6.07, 6.45) is 9.44. The summed E-state index contributed by atoms with van der Waals surface area (Å²) in [7, 11) is 1.70. The Kier molecular flexibility index (Phi) is 19.6. The van der Waals surface area contributed by atoms with Crippen molar-refractivity contribution in [3.8, 4) is 11.3 Å². The summed E-state index contributed by atoms with van der Waals surface area (Å²) >= 11 is 0. The SMILES string of the molecule is CCCCNc1ncc2c(-c3ccc(CNCCNCCOCCOCCOCCOCCCc4ccc5c(c4)n(C)c(=O)n5[C@H]4CCC(=O)NC4=O)cc3)nn([C@H]3CC[C@H](OC(C)=O)CC3)c2n1. The number of esters is 1. The van der Waals surface area contributed by atoms with Gasteiger partial charge in [0.2, 0.25) is 17.8 Å².